The van der Waals surface area contributed by atoms with Crippen LogP contribution in [0.2, 0.25) is 0 Å². The topological polar surface area (TPSA) is 82.0 Å². The van der Waals surface area contributed by atoms with Crippen molar-refractivity contribution in [3.8, 4) is 6.07 Å². The molecule has 0 heterocycles. The zero-order chi connectivity index (χ0) is 20.5. The third-order valence-corrected chi connectivity index (χ3v) is 4.45. The van der Waals surface area contributed by atoms with Gasteiger partial charge in [0.15, 0.2) is 0 Å². The first-order valence-corrected chi connectivity index (χ1v) is 9.32. The van der Waals surface area contributed by atoms with Gasteiger partial charge in [0, 0.05) is 17.7 Å². The van der Waals surface area contributed by atoms with Crippen LogP contribution in [0.25, 0.3) is 0 Å². The van der Waals surface area contributed by atoms with Gasteiger partial charge in [-0.3, -0.25) is 9.59 Å². The van der Waals surface area contributed by atoms with E-state index in [2.05, 4.69) is 16.7 Å². The van der Waals surface area contributed by atoms with Crippen molar-refractivity contribution < 1.29 is 9.59 Å². The fraction of sp³-hybridized carbons (Fsp3) is 0.125. The predicted molar refractivity (Wildman–Crippen MR) is 112 cm³/mol. The molecule has 0 radical (unpaired) electrons. The summed E-state index contributed by atoms with van der Waals surface area (Å²) in [5.74, 6) is -0.600. The van der Waals surface area contributed by atoms with Crippen molar-refractivity contribution in [3.05, 3.63) is 102 Å². The molecule has 0 unspecified atom stereocenters. The Morgan fingerprint density at radius 3 is 2.07 bits per heavy atom. The second kappa shape index (κ2) is 9.86. The molecular formula is C24H21N3O2. The Labute approximate surface area is 170 Å². The molecule has 2 N–H and O–H groups in total. The molecule has 0 saturated carbocycles. The molecule has 0 bridgehead atoms. The largest absolute Gasteiger partial charge is 0.340 e. The van der Waals surface area contributed by atoms with E-state index in [4.69, 9.17) is 5.26 Å². The summed E-state index contributed by atoms with van der Waals surface area (Å²) in [6.07, 6.45) is 0.690. The lowest BCUT2D eigenvalue weighted by atomic mass is 10.0. The number of hydrogen-bond acceptors (Lipinski definition) is 3. The molecule has 5 heteroatoms. The molecular weight excluding hydrogens is 362 g/mol. The van der Waals surface area contributed by atoms with E-state index in [1.807, 2.05) is 36.4 Å². The SMILES string of the molecule is N#CCc1ccc(NC(=O)[C@H](Cc2ccccc2)NC(=O)c2ccccc2)cc1. The van der Waals surface area contributed by atoms with E-state index in [0.29, 0.717) is 24.1 Å². The molecule has 3 aromatic carbocycles. The van der Waals surface area contributed by atoms with Gasteiger partial charge in [-0.2, -0.15) is 5.26 Å². The summed E-state index contributed by atoms with van der Waals surface area (Å²) in [6, 6.07) is 26.8. The Balaban J connectivity index is 1.75. The molecule has 144 valence electrons. The second-order valence-corrected chi connectivity index (χ2v) is 6.60. The quantitative estimate of drug-likeness (QED) is 0.652. The fourth-order valence-corrected chi connectivity index (χ4v) is 2.92. The number of nitriles is 1. The standard InChI is InChI=1S/C24H21N3O2/c25-16-15-18-11-13-21(14-12-18)26-24(29)22(17-19-7-3-1-4-8-19)27-23(28)20-9-5-2-6-10-20/h1-14,22H,15,17H2,(H,26,29)(H,27,28)/t22-/m0/s1. The molecule has 0 saturated heterocycles. The molecule has 0 aromatic heterocycles. The number of carbonyl (C=O) groups is 2. The van der Waals surface area contributed by atoms with Gasteiger partial charge in [-0.25, -0.2) is 0 Å². The van der Waals surface area contributed by atoms with Crippen LogP contribution in [0.4, 0.5) is 5.69 Å². The van der Waals surface area contributed by atoms with Gasteiger partial charge in [-0.1, -0.05) is 60.7 Å². The van der Waals surface area contributed by atoms with Crippen LogP contribution in [0.3, 0.4) is 0 Å². The monoisotopic (exact) mass is 383 g/mol. The average molecular weight is 383 g/mol. The summed E-state index contributed by atoms with van der Waals surface area (Å²) >= 11 is 0. The highest BCUT2D eigenvalue weighted by atomic mass is 16.2. The summed E-state index contributed by atoms with van der Waals surface area (Å²) < 4.78 is 0. The van der Waals surface area contributed by atoms with Crippen LogP contribution in [-0.2, 0) is 17.6 Å². The molecule has 5 nitrogen and oxygen atoms in total. The molecule has 0 aliphatic rings. The summed E-state index contributed by atoms with van der Waals surface area (Å²) in [6.45, 7) is 0. The third kappa shape index (κ3) is 5.78. The lowest BCUT2D eigenvalue weighted by Crippen LogP contribution is -2.45. The highest BCUT2D eigenvalue weighted by molar-refractivity contribution is 6.01. The van der Waals surface area contributed by atoms with Gasteiger partial charge in [0.05, 0.1) is 12.5 Å². The number of carbonyl (C=O) groups excluding carboxylic acids is 2. The number of benzene rings is 3. The van der Waals surface area contributed by atoms with Crippen molar-refractivity contribution >= 4 is 17.5 Å². The lowest BCUT2D eigenvalue weighted by molar-refractivity contribution is -0.118. The summed E-state index contributed by atoms with van der Waals surface area (Å²) in [5, 5.41) is 14.5. The van der Waals surface area contributed by atoms with Crippen LogP contribution in [0.15, 0.2) is 84.9 Å². The molecule has 0 aliphatic carbocycles. The molecule has 3 aromatic rings. The molecule has 2 amide bonds. The van der Waals surface area contributed by atoms with E-state index >= 15 is 0 Å². The van der Waals surface area contributed by atoms with Gasteiger partial charge in [0.25, 0.3) is 5.91 Å². The van der Waals surface area contributed by atoms with E-state index in [1.54, 1.807) is 48.5 Å². The first-order chi connectivity index (χ1) is 14.2. The number of hydrogen-bond donors (Lipinski definition) is 2. The fourth-order valence-electron chi connectivity index (χ4n) is 2.92. The highest BCUT2D eigenvalue weighted by Gasteiger charge is 2.22. The zero-order valence-electron chi connectivity index (χ0n) is 15.8. The highest BCUT2D eigenvalue weighted by Crippen LogP contribution is 2.12. The number of nitrogens with one attached hydrogen (secondary N) is 2. The van der Waals surface area contributed by atoms with Crippen LogP contribution < -0.4 is 10.6 Å². The van der Waals surface area contributed by atoms with Crippen molar-refractivity contribution in [3.63, 3.8) is 0 Å². The van der Waals surface area contributed by atoms with Gasteiger partial charge >= 0.3 is 0 Å². The van der Waals surface area contributed by atoms with Crippen molar-refractivity contribution in [2.24, 2.45) is 0 Å². The second-order valence-electron chi connectivity index (χ2n) is 6.60. The van der Waals surface area contributed by atoms with E-state index in [-0.39, 0.29) is 11.8 Å². The third-order valence-electron chi connectivity index (χ3n) is 4.45. The lowest BCUT2D eigenvalue weighted by Gasteiger charge is -2.19. The summed E-state index contributed by atoms with van der Waals surface area (Å²) in [5.41, 5.74) is 2.94. The number of rotatable bonds is 7. The number of nitrogens with zero attached hydrogens (tertiary/aromatic N) is 1. The van der Waals surface area contributed by atoms with E-state index < -0.39 is 6.04 Å². The molecule has 0 aliphatic heterocycles. The van der Waals surface area contributed by atoms with Gasteiger partial charge in [0.1, 0.15) is 6.04 Å². The van der Waals surface area contributed by atoms with Crippen LogP contribution in [0.1, 0.15) is 21.5 Å². The van der Waals surface area contributed by atoms with Crippen molar-refractivity contribution in [2.75, 3.05) is 5.32 Å². The summed E-state index contributed by atoms with van der Waals surface area (Å²) in [4.78, 5) is 25.5. The van der Waals surface area contributed by atoms with Gasteiger partial charge in [0.2, 0.25) is 5.91 Å². The minimum atomic E-state index is -0.733. The van der Waals surface area contributed by atoms with E-state index in [9.17, 15) is 9.59 Å². The maximum atomic E-state index is 12.9. The maximum absolute atomic E-state index is 12.9. The van der Waals surface area contributed by atoms with Crippen molar-refractivity contribution in [2.45, 2.75) is 18.9 Å². The number of amides is 2. The van der Waals surface area contributed by atoms with Crippen LogP contribution in [-0.4, -0.2) is 17.9 Å². The Morgan fingerprint density at radius 2 is 1.45 bits per heavy atom. The Hall–Kier alpha value is -3.91. The predicted octanol–water partition coefficient (Wildman–Crippen LogP) is 3.73. The summed E-state index contributed by atoms with van der Waals surface area (Å²) in [7, 11) is 0. The Morgan fingerprint density at radius 1 is 0.828 bits per heavy atom. The zero-order valence-corrected chi connectivity index (χ0v) is 15.8. The Bertz CT molecular complexity index is 994. The van der Waals surface area contributed by atoms with E-state index in [1.165, 1.54) is 0 Å². The number of anilines is 1. The van der Waals surface area contributed by atoms with Crippen molar-refractivity contribution in [1.29, 1.82) is 5.26 Å². The minimum absolute atomic E-state index is 0.300. The minimum Gasteiger partial charge on any atom is -0.340 e. The van der Waals surface area contributed by atoms with Crippen LogP contribution in [0, 0.1) is 11.3 Å². The molecule has 29 heavy (non-hydrogen) atoms. The normalized spacial score (nSPS) is 11.1. The first kappa shape index (κ1) is 19.8. The van der Waals surface area contributed by atoms with Gasteiger partial charge < -0.3 is 10.6 Å². The molecule has 0 fully saturated rings. The maximum Gasteiger partial charge on any atom is 0.251 e. The average Bonchev–Trinajstić information content (AvgIpc) is 2.76. The molecule has 3 rings (SSSR count). The molecule has 0 spiro atoms. The van der Waals surface area contributed by atoms with Crippen LogP contribution in [0.5, 0.6) is 0 Å². The first-order valence-electron chi connectivity index (χ1n) is 9.32. The smallest absolute Gasteiger partial charge is 0.251 e. The van der Waals surface area contributed by atoms with Crippen molar-refractivity contribution in [1.82, 2.24) is 5.32 Å². The van der Waals surface area contributed by atoms with Crippen LogP contribution >= 0.6 is 0 Å². The molecule has 1 atom stereocenters. The van der Waals surface area contributed by atoms with Gasteiger partial charge in [-0.05, 0) is 35.4 Å². The Kier molecular flexibility index (Phi) is 6.75. The van der Waals surface area contributed by atoms with E-state index in [0.717, 1.165) is 11.1 Å². The van der Waals surface area contributed by atoms with Gasteiger partial charge in [-0.15, -0.1) is 0 Å².